The minimum Gasteiger partial charge on any atom is -0.492 e. The van der Waals surface area contributed by atoms with E-state index in [1.807, 2.05) is 18.2 Å². The molecule has 0 aliphatic carbocycles. The molecule has 1 aliphatic rings. The van der Waals surface area contributed by atoms with Gasteiger partial charge in [-0.1, -0.05) is 17.7 Å². The summed E-state index contributed by atoms with van der Waals surface area (Å²) in [6.45, 7) is 2.16. The second kappa shape index (κ2) is 8.91. The van der Waals surface area contributed by atoms with Crippen LogP contribution < -0.4 is 14.8 Å². The maximum atomic E-state index is 11.4. The predicted molar refractivity (Wildman–Crippen MR) is 105 cm³/mol. The van der Waals surface area contributed by atoms with Crippen LogP contribution in [0.15, 0.2) is 30.5 Å². The van der Waals surface area contributed by atoms with Gasteiger partial charge in [-0.15, -0.1) is 24.8 Å². The molecule has 1 aromatic carbocycles. The number of halogens is 3. The number of sulfonamides is 1. The highest BCUT2D eigenvalue weighted by atomic mass is 35.5. The summed E-state index contributed by atoms with van der Waals surface area (Å²) in [4.78, 5) is 4.06. The van der Waals surface area contributed by atoms with Gasteiger partial charge in [-0.25, -0.2) is 13.4 Å². The first kappa shape index (κ1) is 21.8. The van der Waals surface area contributed by atoms with Gasteiger partial charge in [0.15, 0.2) is 5.15 Å². The van der Waals surface area contributed by atoms with Gasteiger partial charge < -0.3 is 10.1 Å². The number of ether oxygens (including phenoxy) is 1. The summed E-state index contributed by atoms with van der Waals surface area (Å²) < 4.78 is 30.8. The predicted octanol–water partition coefficient (Wildman–Crippen LogP) is 3.10. The number of aromatic nitrogens is 1. The number of nitrogens with one attached hydrogen (secondary N) is 2. The molecule has 0 atom stereocenters. The topological polar surface area (TPSA) is 80.3 Å². The molecular weight excluding hydrogens is 409 g/mol. The third-order valence-corrected chi connectivity index (χ3v) is 4.27. The average Bonchev–Trinajstić information content (AvgIpc) is 2.72. The Labute approximate surface area is 164 Å². The van der Waals surface area contributed by atoms with Crippen molar-refractivity contribution in [3.8, 4) is 16.9 Å². The summed E-state index contributed by atoms with van der Waals surface area (Å²) in [6, 6.07) is 7.50. The number of anilines is 1. The van der Waals surface area contributed by atoms with Gasteiger partial charge in [0.1, 0.15) is 12.4 Å². The highest BCUT2D eigenvalue weighted by molar-refractivity contribution is 7.92. The second-order valence-electron chi connectivity index (χ2n) is 5.28. The zero-order valence-corrected chi connectivity index (χ0v) is 16.5. The highest BCUT2D eigenvalue weighted by Gasteiger charge is 2.13. The Morgan fingerprint density at radius 2 is 2.00 bits per heavy atom. The number of pyridine rings is 1. The van der Waals surface area contributed by atoms with E-state index in [2.05, 4.69) is 15.0 Å². The molecule has 2 heterocycles. The summed E-state index contributed by atoms with van der Waals surface area (Å²) in [7, 11) is -3.42. The SMILES string of the molecule is CS(=O)(=O)Nc1cc(-c2ccc3c(c2)CNCCO3)cnc1Cl.Cl.Cl. The molecule has 2 N–H and O–H groups in total. The van der Waals surface area contributed by atoms with Crippen molar-refractivity contribution in [1.82, 2.24) is 10.3 Å². The Hall–Kier alpha value is -1.25. The molecule has 1 aliphatic heterocycles. The molecular formula is C15H18Cl3N3O3S. The first-order chi connectivity index (χ1) is 10.9. The first-order valence-electron chi connectivity index (χ1n) is 7.02. The molecule has 138 valence electrons. The Morgan fingerprint density at radius 3 is 2.72 bits per heavy atom. The van der Waals surface area contributed by atoms with Crippen molar-refractivity contribution in [1.29, 1.82) is 0 Å². The summed E-state index contributed by atoms with van der Waals surface area (Å²) >= 11 is 5.96. The molecule has 6 nitrogen and oxygen atoms in total. The monoisotopic (exact) mass is 425 g/mol. The lowest BCUT2D eigenvalue weighted by Gasteiger charge is -2.11. The molecule has 1 aromatic heterocycles. The summed E-state index contributed by atoms with van der Waals surface area (Å²) in [5, 5.41) is 3.39. The van der Waals surface area contributed by atoms with E-state index in [9.17, 15) is 8.42 Å². The lowest BCUT2D eigenvalue weighted by atomic mass is 10.0. The maximum absolute atomic E-state index is 11.4. The number of hydrogen-bond acceptors (Lipinski definition) is 5. The van der Waals surface area contributed by atoms with E-state index < -0.39 is 10.0 Å². The van der Waals surface area contributed by atoms with Crippen LogP contribution >= 0.6 is 36.4 Å². The van der Waals surface area contributed by atoms with Gasteiger partial charge >= 0.3 is 0 Å². The van der Waals surface area contributed by atoms with Gasteiger partial charge in [-0.2, -0.15) is 0 Å². The fraction of sp³-hybridized carbons (Fsp3) is 0.267. The van der Waals surface area contributed by atoms with Crippen molar-refractivity contribution >= 4 is 52.1 Å². The molecule has 0 saturated carbocycles. The van der Waals surface area contributed by atoms with Crippen LogP contribution in [0.3, 0.4) is 0 Å². The molecule has 25 heavy (non-hydrogen) atoms. The van der Waals surface area contributed by atoms with E-state index in [0.717, 1.165) is 41.8 Å². The Morgan fingerprint density at radius 1 is 1.24 bits per heavy atom. The van der Waals surface area contributed by atoms with Crippen LogP contribution in [0, 0.1) is 0 Å². The highest BCUT2D eigenvalue weighted by Crippen LogP contribution is 2.31. The minimum atomic E-state index is -3.42. The smallest absolute Gasteiger partial charge is 0.229 e. The van der Waals surface area contributed by atoms with Crippen LogP contribution in [0.5, 0.6) is 5.75 Å². The average molecular weight is 427 g/mol. The first-order valence-corrected chi connectivity index (χ1v) is 9.29. The molecule has 3 rings (SSSR count). The second-order valence-corrected chi connectivity index (χ2v) is 7.39. The molecule has 2 aromatic rings. The summed E-state index contributed by atoms with van der Waals surface area (Å²) in [5.41, 5.74) is 2.99. The lowest BCUT2D eigenvalue weighted by Crippen LogP contribution is -2.16. The quantitative estimate of drug-likeness (QED) is 0.737. The number of benzene rings is 1. The largest absolute Gasteiger partial charge is 0.492 e. The molecule has 0 saturated heterocycles. The fourth-order valence-electron chi connectivity index (χ4n) is 2.37. The maximum Gasteiger partial charge on any atom is 0.229 e. The van der Waals surface area contributed by atoms with Gasteiger partial charge in [-0.3, -0.25) is 4.72 Å². The molecule has 0 radical (unpaired) electrons. The third kappa shape index (κ3) is 5.62. The van der Waals surface area contributed by atoms with Gasteiger partial charge in [0.2, 0.25) is 10.0 Å². The van der Waals surface area contributed by atoms with E-state index in [1.165, 1.54) is 0 Å². The molecule has 10 heteroatoms. The van der Waals surface area contributed by atoms with Crippen molar-refractivity contribution in [2.75, 3.05) is 24.1 Å². The normalized spacial score (nSPS) is 13.4. The number of rotatable bonds is 3. The van der Waals surface area contributed by atoms with E-state index in [1.54, 1.807) is 12.3 Å². The number of fused-ring (bicyclic) bond motifs is 1. The third-order valence-electron chi connectivity index (χ3n) is 3.38. The Kier molecular flexibility index (Phi) is 7.77. The van der Waals surface area contributed by atoms with E-state index >= 15 is 0 Å². The van der Waals surface area contributed by atoms with Crippen LogP contribution in [0.4, 0.5) is 5.69 Å². The molecule has 0 fully saturated rings. The van der Waals surface area contributed by atoms with Crippen molar-refractivity contribution in [2.24, 2.45) is 0 Å². The van der Waals surface area contributed by atoms with Crippen LogP contribution in [0.1, 0.15) is 5.56 Å². The Balaban J connectivity index is 0.00000156. The van der Waals surface area contributed by atoms with Crippen LogP contribution in [0.25, 0.3) is 11.1 Å². The molecule has 0 spiro atoms. The Bertz CT molecular complexity index is 847. The van der Waals surface area contributed by atoms with E-state index in [0.29, 0.717) is 6.61 Å². The van der Waals surface area contributed by atoms with Gasteiger partial charge in [0.05, 0.1) is 11.9 Å². The number of nitrogens with zero attached hydrogens (tertiary/aromatic N) is 1. The molecule has 0 amide bonds. The van der Waals surface area contributed by atoms with Crippen LogP contribution in [-0.4, -0.2) is 32.8 Å². The van der Waals surface area contributed by atoms with Crippen molar-refractivity contribution in [2.45, 2.75) is 6.54 Å². The van der Waals surface area contributed by atoms with Gasteiger partial charge in [0, 0.05) is 30.4 Å². The lowest BCUT2D eigenvalue weighted by molar-refractivity contribution is 0.326. The molecule has 0 unspecified atom stereocenters. The fourth-order valence-corrected chi connectivity index (χ4v) is 3.13. The van der Waals surface area contributed by atoms with E-state index in [-0.39, 0.29) is 35.7 Å². The van der Waals surface area contributed by atoms with Gasteiger partial charge in [-0.05, 0) is 23.8 Å². The van der Waals surface area contributed by atoms with E-state index in [4.69, 9.17) is 16.3 Å². The molecule has 0 bridgehead atoms. The van der Waals surface area contributed by atoms with Crippen molar-refractivity contribution < 1.29 is 13.2 Å². The van der Waals surface area contributed by atoms with Crippen LogP contribution in [-0.2, 0) is 16.6 Å². The van der Waals surface area contributed by atoms with Crippen molar-refractivity contribution in [3.05, 3.63) is 41.2 Å². The minimum absolute atomic E-state index is 0. The van der Waals surface area contributed by atoms with Gasteiger partial charge in [0.25, 0.3) is 0 Å². The van der Waals surface area contributed by atoms with Crippen molar-refractivity contribution in [3.63, 3.8) is 0 Å². The summed E-state index contributed by atoms with van der Waals surface area (Å²) in [5.74, 6) is 0.857. The summed E-state index contributed by atoms with van der Waals surface area (Å²) in [6.07, 6.45) is 2.68. The van der Waals surface area contributed by atoms with Crippen LogP contribution in [0.2, 0.25) is 5.15 Å². The number of hydrogen-bond donors (Lipinski definition) is 2. The standard InChI is InChI=1S/C15H16ClN3O3S.2ClH/c1-23(20,21)19-13-7-11(9-18-15(13)16)10-2-3-14-12(6-10)8-17-4-5-22-14;;/h2-3,6-7,9,17,19H,4-5,8H2,1H3;2*1H. The zero-order chi connectivity index (χ0) is 16.4. The zero-order valence-electron chi connectivity index (χ0n) is 13.3.